The van der Waals surface area contributed by atoms with Crippen LogP contribution < -0.4 is 16.2 Å². The van der Waals surface area contributed by atoms with Gasteiger partial charge in [0.1, 0.15) is 0 Å². The molecule has 0 spiro atoms. The van der Waals surface area contributed by atoms with Crippen LogP contribution in [0.15, 0.2) is 54.6 Å². The smallest absolute Gasteiger partial charge is 0.426 e. The van der Waals surface area contributed by atoms with Gasteiger partial charge in [0.2, 0.25) is 0 Å². The minimum absolute atomic E-state index is 0.230. The van der Waals surface area contributed by atoms with E-state index in [4.69, 9.17) is 0 Å². The first kappa shape index (κ1) is 15.4. The first-order chi connectivity index (χ1) is 10.7. The summed E-state index contributed by atoms with van der Waals surface area (Å²) in [6.07, 6.45) is -0.704. The summed E-state index contributed by atoms with van der Waals surface area (Å²) in [5.41, 5.74) is 6.39. The number of hydrazine groups is 1. The second kappa shape index (κ2) is 7.68. The summed E-state index contributed by atoms with van der Waals surface area (Å²) in [5, 5.41) is 3.16. The number of carbonyl (C=O) groups excluding carboxylic acids is 2. The second-order valence-electron chi connectivity index (χ2n) is 4.34. The van der Waals surface area contributed by atoms with Crippen LogP contribution in [-0.2, 0) is 4.74 Å². The first-order valence-corrected chi connectivity index (χ1v) is 6.85. The third-order valence-corrected chi connectivity index (χ3v) is 2.78. The van der Waals surface area contributed by atoms with Gasteiger partial charge in [-0.25, -0.2) is 10.2 Å². The number of nitrogens with one attached hydrogen (secondary N) is 3. The van der Waals surface area contributed by atoms with E-state index in [1.165, 1.54) is 0 Å². The minimum Gasteiger partial charge on any atom is -0.449 e. The number of ether oxygens (including phenoxy) is 1. The van der Waals surface area contributed by atoms with E-state index in [0.29, 0.717) is 11.3 Å². The maximum atomic E-state index is 12.1. The van der Waals surface area contributed by atoms with Gasteiger partial charge in [-0.05, 0) is 31.2 Å². The maximum absolute atomic E-state index is 12.1. The van der Waals surface area contributed by atoms with Crippen LogP contribution in [0.4, 0.5) is 16.2 Å². The first-order valence-electron chi connectivity index (χ1n) is 6.85. The van der Waals surface area contributed by atoms with Crippen molar-refractivity contribution in [2.45, 2.75) is 6.92 Å². The summed E-state index contributed by atoms with van der Waals surface area (Å²) in [7, 11) is 0. The highest BCUT2D eigenvalue weighted by molar-refractivity contribution is 6.00. The average molecular weight is 299 g/mol. The molecule has 0 saturated heterocycles. The molecule has 22 heavy (non-hydrogen) atoms. The number of hydrogen-bond donors (Lipinski definition) is 3. The van der Waals surface area contributed by atoms with Crippen LogP contribution in [0, 0.1) is 0 Å². The van der Waals surface area contributed by atoms with Gasteiger partial charge in [-0.3, -0.25) is 10.2 Å². The standard InChI is InChI=1S/C16H17N3O3/c1-2-22-16(21)19-18-15(20)13-10-6-7-11-14(13)17-12-8-4-3-5-9-12/h3-11,17H,2H2,1H3,(H,18,20)(H,19,21). The summed E-state index contributed by atoms with van der Waals surface area (Å²) in [5.74, 6) is -0.438. The van der Waals surface area contributed by atoms with Crippen molar-refractivity contribution in [3.63, 3.8) is 0 Å². The Morgan fingerprint density at radius 2 is 1.64 bits per heavy atom. The molecule has 3 N–H and O–H groups in total. The van der Waals surface area contributed by atoms with Gasteiger partial charge < -0.3 is 10.1 Å². The van der Waals surface area contributed by atoms with Crippen molar-refractivity contribution >= 4 is 23.4 Å². The SMILES string of the molecule is CCOC(=O)NNC(=O)c1ccccc1Nc1ccccc1. The molecule has 0 heterocycles. The Morgan fingerprint density at radius 3 is 2.36 bits per heavy atom. The van der Waals surface area contributed by atoms with Crippen LogP contribution in [0.3, 0.4) is 0 Å². The van der Waals surface area contributed by atoms with Gasteiger partial charge >= 0.3 is 6.09 Å². The highest BCUT2D eigenvalue weighted by atomic mass is 16.5. The highest BCUT2D eigenvalue weighted by Crippen LogP contribution is 2.20. The number of para-hydroxylation sites is 2. The van der Waals surface area contributed by atoms with Gasteiger partial charge in [0.15, 0.2) is 0 Å². The molecule has 0 aromatic heterocycles. The number of amides is 2. The second-order valence-corrected chi connectivity index (χ2v) is 4.34. The predicted molar refractivity (Wildman–Crippen MR) is 83.8 cm³/mol. The molecule has 0 fully saturated rings. The van der Waals surface area contributed by atoms with Gasteiger partial charge in [-0.15, -0.1) is 0 Å². The summed E-state index contributed by atoms with van der Waals surface area (Å²) in [6, 6.07) is 16.5. The van der Waals surface area contributed by atoms with E-state index in [1.54, 1.807) is 25.1 Å². The van der Waals surface area contributed by atoms with E-state index in [0.717, 1.165) is 5.69 Å². The fraction of sp³-hybridized carbons (Fsp3) is 0.125. The van der Waals surface area contributed by atoms with Gasteiger partial charge in [0.25, 0.3) is 5.91 Å². The normalized spacial score (nSPS) is 9.68. The lowest BCUT2D eigenvalue weighted by atomic mass is 10.1. The molecule has 6 nitrogen and oxygen atoms in total. The molecule has 0 unspecified atom stereocenters. The van der Waals surface area contributed by atoms with E-state index in [1.807, 2.05) is 36.4 Å². The summed E-state index contributed by atoms with van der Waals surface area (Å²) >= 11 is 0. The molecular weight excluding hydrogens is 282 g/mol. The molecule has 2 aromatic carbocycles. The van der Waals surface area contributed by atoms with Crippen molar-refractivity contribution in [2.75, 3.05) is 11.9 Å². The van der Waals surface area contributed by atoms with Gasteiger partial charge in [0.05, 0.1) is 17.9 Å². The zero-order chi connectivity index (χ0) is 15.8. The Bertz CT molecular complexity index is 644. The van der Waals surface area contributed by atoms with Crippen LogP contribution >= 0.6 is 0 Å². The average Bonchev–Trinajstić information content (AvgIpc) is 2.54. The van der Waals surface area contributed by atoms with E-state index in [-0.39, 0.29) is 6.61 Å². The zero-order valence-corrected chi connectivity index (χ0v) is 12.1. The Kier molecular flexibility index (Phi) is 5.37. The molecule has 2 amide bonds. The lowest BCUT2D eigenvalue weighted by Crippen LogP contribution is -2.42. The fourth-order valence-electron chi connectivity index (χ4n) is 1.81. The van der Waals surface area contributed by atoms with Crippen LogP contribution in [0.1, 0.15) is 17.3 Å². The van der Waals surface area contributed by atoms with E-state index in [9.17, 15) is 9.59 Å². The number of rotatable bonds is 4. The molecule has 0 radical (unpaired) electrons. The Labute approximate surface area is 128 Å². The summed E-state index contributed by atoms with van der Waals surface area (Å²) < 4.78 is 4.67. The molecule has 0 aliphatic carbocycles. The quantitative estimate of drug-likeness (QED) is 0.758. The third-order valence-electron chi connectivity index (χ3n) is 2.78. The lowest BCUT2D eigenvalue weighted by Gasteiger charge is -2.12. The molecule has 0 saturated carbocycles. The molecule has 0 bridgehead atoms. The Hall–Kier alpha value is -3.02. The van der Waals surface area contributed by atoms with Crippen molar-refractivity contribution in [3.8, 4) is 0 Å². The number of anilines is 2. The monoisotopic (exact) mass is 299 g/mol. The Morgan fingerprint density at radius 1 is 0.955 bits per heavy atom. The molecule has 2 aromatic rings. The Balaban J connectivity index is 2.07. The molecule has 0 atom stereocenters. The van der Waals surface area contributed by atoms with E-state index in [2.05, 4.69) is 20.9 Å². The molecule has 6 heteroatoms. The molecule has 0 aliphatic heterocycles. The number of benzene rings is 2. The topological polar surface area (TPSA) is 79.5 Å². The van der Waals surface area contributed by atoms with E-state index >= 15 is 0 Å². The predicted octanol–water partition coefficient (Wildman–Crippen LogP) is 2.82. The van der Waals surface area contributed by atoms with Crippen molar-refractivity contribution in [2.24, 2.45) is 0 Å². The van der Waals surface area contributed by atoms with Crippen molar-refractivity contribution in [1.82, 2.24) is 10.9 Å². The maximum Gasteiger partial charge on any atom is 0.426 e. The zero-order valence-electron chi connectivity index (χ0n) is 12.1. The summed E-state index contributed by atoms with van der Waals surface area (Å²) in [6.45, 7) is 1.91. The lowest BCUT2D eigenvalue weighted by molar-refractivity contribution is 0.0913. The van der Waals surface area contributed by atoms with Gasteiger partial charge in [-0.2, -0.15) is 0 Å². The van der Waals surface area contributed by atoms with Crippen molar-refractivity contribution in [3.05, 3.63) is 60.2 Å². The van der Waals surface area contributed by atoms with Gasteiger partial charge in [0, 0.05) is 5.69 Å². The fourth-order valence-corrected chi connectivity index (χ4v) is 1.81. The van der Waals surface area contributed by atoms with Crippen molar-refractivity contribution < 1.29 is 14.3 Å². The van der Waals surface area contributed by atoms with Crippen LogP contribution in [0.5, 0.6) is 0 Å². The molecule has 0 aliphatic rings. The molecule has 2 rings (SSSR count). The van der Waals surface area contributed by atoms with Crippen LogP contribution in [-0.4, -0.2) is 18.6 Å². The summed E-state index contributed by atoms with van der Waals surface area (Å²) in [4.78, 5) is 23.3. The number of hydrogen-bond acceptors (Lipinski definition) is 4. The third kappa shape index (κ3) is 4.24. The van der Waals surface area contributed by atoms with Crippen LogP contribution in [0.2, 0.25) is 0 Å². The van der Waals surface area contributed by atoms with Crippen molar-refractivity contribution in [1.29, 1.82) is 0 Å². The molecular formula is C16H17N3O3. The van der Waals surface area contributed by atoms with Crippen LogP contribution in [0.25, 0.3) is 0 Å². The minimum atomic E-state index is -0.704. The van der Waals surface area contributed by atoms with E-state index < -0.39 is 12.0 Å². The largest absolute Gasteiger partial charge is 0.449 e. The van der Waals surface area contributed by atoms with Gasteiger partial charge in [-0.1, -0.05) is 30.3 Å². The number of carbonyl (C=O) groups is 2. The molecule has 114 valence electrons. The highest BCUT2D eigenvalue weighted by Gasteiger charge is 2.12.